The van der Waals surface area contributed by atoms with Crippen molar-refractivity contribution in [1.29, 1.82) is 0 Å². The molecule has 0 unspecified atom stereocenters. The van der Waals surface area contributed by atoms with Gasteiger partial charge in [-0.15, -0.1) is 13.2 Å². The molecule has 0 fully saturated rings. The Labute approximate surface area is 126 Å². The van der Waals surface area contributed by atoms with Crippen molar-refractivity contribution < 1.29 is 22.6 Å². The highest BCUT2D eigenvalue weighted by Crippen LogP contribution is 2.27. The summed E-state index contributed by atoms with van der Waals surface area (Å²) in [5.41, 5.74) is 0.355. The van der Waals surface area contributed by atoms with E-state index in [4.69, 9.17) is 4.74 Å². The number of nitrogens with zero attached hydrogens (tertiary/aromatic N) is 3. The summed E-state index contributed by atoms with van der Waals surface area (Å²) >= 11 is 0. The van der Waals surface area contributed by atoms with Crippen molar-refractivity contribution in [2.75, 3.05) is 0 Å². The van der Waals surface area contributed by atoms with Crippen LogP contribution in [0.4, 0.5) is 13.2 Å². The number of rotatable bonds is 3. The number of benzene rings is 1. The third kappa shape index (κ3) is 3.25. The molecule has 0 aliphatic rings. The molecule has 0 saturated carbocycles. The first-order valence-corrected chi connectivity index (χ1v) is 6.27. The van der Waals surface area contributed by atoms with Crippen molar-refractivity contribution >= 4 is 11.2 Å². The van der Waals surface area contributed by atoms with E-state index >= 15 is 0 Å². The fourth-order valence-electron chi connectivity index (χ4n) is 1.88. The normalized spacial score (nSPS) is 11.7. The lowest BCUT2D eigenvalue weighted by Gasteiger charge is -2.10. The average molecular weight is 326 g/mol. The first-order chi connectivity index (χ1) is 10.8. The lowest BCUT2D eigenvalue weighted by molar-refractivity contribution is -0.274. The van der Waals surface area contributed by atoms with Crippen LogP contribution in [0.3, 0.4) is 0 Å². The van der Waals surface area contributed by atoms with Crippen LogP contribution in [0.2, 0.25) is 0 Å². The molecule has 2 aromatic heterocycles. The van der Waals surface area contributed by atoms with Gasteiger partial charge in [-0.1, -0.05) is 6.07 Å². The predicted octanol–water partition coefficient (Wildman–Crippen LogP) is 2.35. The molecular formula is C13H9F3N4O3. The molecular weight excluding hydrogens is 317 g/mol. The number of imidazole rings is 1. The van der Waals surface area contributed by atoms with E-state index < -0.39 is 12.1 Å². The first kappa shape index (κ1) is 14.9. The van der Waals surface area contributed by atoms with E-state index in [2.05, 4.69) is 19.7 Å². The number of halogens is 3. The number of nitrogens with one attached hydrogen (secondary N) is 1. The van der Waals surface area contributed by atoms with Crippen molar-refractivity contribution in [3.63, 3.8) is 0 Å². The number of H-pyrrole nitrogens is 1. The van der Waals surface area contributed by atoms with E-state index in [-0.39, 0.29) is 23.1 Å². The fraction of sp³-hybridized carbons (Fsp3) is 0.154. The van der Waals surface area contributed by atoms with Crippen molar-refractivity contribution in [3.8, 4) is 17.5 Å². The number of aryl methyl sites for hydroxylation is 1. The fourth-order valence-corrected chi connectivity index (χ4v) is 1.88. The number of hydrogen-bond acceptors (Lipinski definition) is 5. The Balaban J connectivity index is 1.87. The van der Waals surface area contributed by atoms with Crippen LogP contribution < -0.4 is 15.2 Å². The Morgan fingerprint density at radius 1 is 1.26 bits per heavy atom. The molecule has 10 heteroatoms. The quantitative estimate of drug-likeness (QED) is 0.799. The van der Waals surface area contributed by atoms with Crippen LogP contribution in [0.5, 0.6) is 17.5 Å². The van der Waals surface area contributed by atoms with Crippen molar-refractivity contribution in [2.24, 2.45) is 7.05 Å². The highest BCUT2D eigenvalue weighted by atomic mass is 19.4. The van der Waals surface area contributed by atoms with Gasteiger partial charge in [0.1, 0.15) is 17.0 Å². The standard InChI is InChI=1S/C13H9F3N4O3/c1-20-9-6-17-11(18-10(9)19-12(20)21)22-7-3-2-4-8(5-7)23-13(14,15)16/h2-6H,1H3,(H,17,18,19,21). The van der Waals surface area contributed by atoms with Gasteiger partial charge >= 0.3 is 18.1 Å². The zero-order chi connectivity index (χ0) is 16.6. The highest BCUT2D eigenvalue weighted by molar-refractivity contribution is 5.69. The number of alkyl halides is 3. The van der Waals surface area contributed by atoms with Crippen molar-refractivity contribution in [3.05, 3.63) is 40.9 Å². The average Bonchev–Trinajstić information content (AvgIpc) is 2.72. The van der Waals surface area contributed by atoms with Crippen LogP contribution in [0.15, 0.2) is 35.3 Å². The number of aromatic nitrogens is 4. The molecule has 1 N–H and O–H groups in total. The van der Waals surface area contributed by atoms with Gasteiger partial charge in [-0.05, 0) is 12.1 Å². The summed E-state index contributed by atoms with van der Waals surface area (Å²) in [6.07, 6.45) is -3.43. The van der Waals surface area contributed by atoms with Gasteiger partial charge in [0.15, 0.2) is 5.65 Å². The number of ether oxygens (including phenoxy) is 2. The molecule has 0 radical (unpaired) electrons. The molecule has 1 aromatic carbocycles. The molecule has 7 nitrogen and oxygen atoms in total. The zero-order valence-electron chi connectivity index (χ0n) is 11.6. The van der Waals surface area contributed by atoms with E-state index in [9.17, 15) is 18.0 Å². The third-order valence-corrected chi connectivity index (χ3v) is 2.89. The molecule has 120 valence electrons. The maximum atomic E-state index is 12.2. The SMILES string of the molecule is Cn1c(=O)[nH]c2nc(Oc3cccc(OC(F)(F)F)c3)ncc21. The van der Waals surface area contributed by atoms with E-state index in [1.54, 1.807) is 7.05 Å². The largest absolute Gasteiger partial charge is 0.573 e. The Morgan fingerprint density at radius 3 is 2.74 bits per heavy atom. The molecule has 23 heavy (non-hydrogen) atoms. The van der Waals surface area contributed by atoms with Gasteiger partial charge in [-0.3, -0.25) is 9.55 Å². The van der Waals surface area contributed by atoms with Crippen LogP contribution in [0.1, 0.15) is 0 Å². The molecule has 3 rings (SSSR count). The highest BCUT2D eigenvalue weighted by Gasteiger charge is 2.31. The van der Waals surface area contributed by atoms with E-state index in [0.717, 1.165) is 12.1 Å². The second kappa shape index (κ2) is 5.30. The molecule has 0 bridgehead atoms. The van der Waals surface area contributed by atoms with Crippen LogP contribution >= 0.6 is 0 Å². The Morgan fingerprint density at radius 2 is 2.00 bits per heavy atom. The van der Waals surface area contributed by atoms with Gasteiger partial charge in [0.2, 0.25) is 0 Å². The second-order valence-corrected chi connectivity index (χ2v) is 4.50. The van der Waals surface area contributed by atoms with E-state index in [1.807, 2.05) is 0 Å². The third-order valence-electron chi connectivity index (χ3n) is 2.89. The molecule has 3 aromatic rings. The maximum absolute atomic E-state index is 12.2. The Kier molecular flexibility index (Phi) is 3.43. The minimum atomic E-state index is -4.79. The van der Waals surface area contributed by atoms with Gasteiger partial charge in [-0.25, -0.2) is 9.78 Å². The minimum Gasteiger partial charge on any atom is -0.424 e. The summed E-state index contributed by atoms with van der Waals surface area (Å²) in [5, 5.41) is 0. The van der Waals surface area contributed by atoms with Crippen LogP contribution in [-0.4, -0.2) is 25.9 Å². The molecule has 0 spiro atoms. The topological polar surface area (TPSA) is 82.0 Å². The lowest BCUT2D eigenvalue weighted by atomic mass is 10.3. The van der Waals surface area contributed by atoms with Crippen molar-refractivity contribution in [1.82, 2.24) is 19.5 Å². The molecule has 0 saturated heterocycles. The van der Waals surface area contributed by atoms with Crippen molar-refractivity contribution in [2.45, 2.75) is 6.36 Å². The maximum Gasteiger partial charge on any atom is 0.573 e. The summed E-state index contributed by atoms with van der Waals surface area (Å²) in [5.74, 6) is -0.367. The number of aromatic amines is 1. The predicted molar refractivity (Wildman–Crippen MR) is 72.3 cm³/mol. The van der Waals surface area contributed by atoms with Gasteiger partial charge in [0.05, 0.1) is 6.20 Å². The molecule has 0 atom stereocenters. The Hall–Kier alpha value is -3.04. The van der Waals surface area contributed by atoms with Crippen LogP contribution in [0.25, 0.3) is 11.2 Å². The molecule has 2 heterocycles. The monoisotopic (exact) mass is 326 g/mol. The zero-order valence-corrected chi connectivity index (χ0v) is 11.6. The summed E-state index contributed by atoms with van der Waals surface area (Å²) < 4.78 is 47.0. The number of fused-ring (bicyclic) bond motifs is 1. The van der Waals surface area contributed by atoms with Crippen LogP contribution in [0, 0.1) is 0 Å². The summed E-state index contributed by atoms with van der Waals surface area (Å²) in [6, 6.07) is 4.82. The minimum absolute atomic E-state index is 0.0596. The summed E-state index contributed by atoms with van der Waals surface area (Å²) in [7, 11) is 1.54. The lowest BCUT2D eigenvalue weighted by Crippen LogP contribution is -2.17. The van der Waals surface area contributed by atoms with Crippen LogP contribution in [-0.2, 0) is 7.05 Å². The van der Waals surface area contributed by atoms with Gasteiger partial charge in [0.25, 0.3) is 0 Å². The Bertz CT molecular complexity index is 917. The first-order valence-electron chi connectivity index (χ1n) is 6.27. The van der Waals surface area contributed by atoms with E-state index in [1.165, 1.54) is 22.9 Å². The smallest absolute Gasteiger partial charge is 0.424 e. The van der Waals surface area contributed by atoms with Gasteiger partial charge < -0.3 is 9.47 Å². The second-order valence-electron chi connectivity index (χ2n) is 4.50. The number of hydrogen-bond donors (Lipinski definition) is 1. The molecule has 0 aliphatic heterocycles. The molecule has 0 aliphatic carbocycles. The molecule has 0 amide bonds. The van der Waals surface area contributed by atoms with Gasteiger partial charge in [0, 0.05) is 13.1 Å². The summed E-state index contributed by atoms with van der Waals surface area (Å²) in [6.45, 7) is 0. The van der Waals surface area contributed by atoms with E-state index in [0.29, 0.717) is 5.52 Å². The van der Waals surface area contributed by atoms with Gasteiger partial charge in [-0.2, -0.15) is 4.98 Å². The summed E-state index contributed by atoms with van der Waals surface area (Å²) in [4.78, 5) is 21.8.